The predicted molar refractivity (Wildman–Crippen MR) is 79.9 cm³/mol. The van der Waals surface area contributed by atoms with Gasteiger partial charge in [-0.05, 0) is 12.8 Å². The molecule has 2 N–H and O–H groups in total. The highest BCUT2D eigenvalue weighted by atomic mass is 16.7. The number of hydrogen-bond donors (Lipinski definition) is 1. The summed E-state index contributed by atoms with van der Waals surface area (Å²) in [6.45, 7) is 4.65. The van der Waals surface area contributed by atoms with Crippen molar-refractivity contribution < 1.29 is 14.4 Å². The van der Waals surface area contributed by atoms with Crippen molar-refractivity contribution in [1.82, 2.24) is 4.90 Å². The van der Waals surface area contributed by atoms with Gasteiger partial charge >= 0.3 is 6.09 Å². The number of unbranched alkanes of at least 4 members (excludes halogenated alkanes) is 7. The molecule has 0 saturated carbocycles. The first-order valence-electron chi connectivity index (χ1n) is 7.88. The zero-order chi connectivity index (χ0) is 15.2. The van der Waals surface area contributed by atoms with Gasteiger partial charge in [-0.2, -0.15) is 5.90 Å². The summed E-state index contributed by atoms with van der Waals surface area (Å²) in [5, 5.41) is 0. The lowest BCUT2D eigenvalue weighted by atomic mass is 10.1. The van der Waals surface area contributed by atoms with Gasteiger partial charge < -0.3 is 4.84 Å². The average molecular weight is 286 g/mol. The molecule has 20 heavy (non-hydrogen) atoms. The monoisotopic (exact) mass is 286 g/mol. The number of imide groups is 1. The van der Waals surface area contributed by atoms with Crippen molar-refractivity contribution in [2.75, 3.05) is 6.54 Å². The van der Waals surface area contributed by atoms with E-state index in [4.69, 9.17) is 5.90 Å². The highest BCUT2D eigenvalue weighted by molar-refractivity contribution is 5.91. The first kappa shape index (κ1) is 18.9. The van der Waals surface area contributed by atoms with Crippen LogP contribution >= 0.6 is 0 Å². The van der Waals surface area contributed by atoms with Crippen molar-refractivity contribution in [3.63, 3.8) is 0 Å². The molecule has 5 heteroatoms. The molecule has 0 radical (unpaired) electrons. The van der Waals surface area contributed by atoms with E-state index < -0.39 is 6.09 Å². The van der Waals surface area contributed by atoms with Crippen molar-refractivity contribution >= 4 is 12.0 Å². The third kappa shape index (κ3) is 8.91. The van der Waals surface area contributed by atoms with E-state index in [-0.39, 0.29) is 5.91 Å². The van der Waals surface area contributed by atoms with E-state index in [0.29, 0.717) is 13.0 Å². The van der Waals surface area contributed by atoms with Crippen LogP contribution in [0.3, 0.4) is 0 Å². The smallest absolute Gasteiger partial charge is 0.356 e. The molecule has 0 bridgehead atoms. The molecule has 0 rings (SSSR count). The topological polar surface area (TPSA) is 72.6 Å². The van der Waals surface area contributed by atoms with Crippen molar-refractivity contribution in [2.45, 2.75) is 78.1 Å². The molecule has 2 amide bonds. The van der Waals surface area contributed by atoms with Crippen molar-refractivity contribution in [3.8, 4) is 0 Å². The maximum absolute atomic E-state index is 12.0. The van der Waals surface area contributed by atoms with Crippen molar-refractivity contribution in [1.29, 1.82) is 0 Å². The van der Waals surface area contributed by atoms with Crippen LogP contribution in [0.4, 0.5) is 4.79 Å². The maximum atomic E-state index is 12.0. The first-order valence-corrected chi connectivity index (χ1v) is 7.88. The molecule has 0 unspecified atom stereocenters. The summed E-state index contributed by atoms with van der Waals surface area (Å²) in [5.74, 6) is 4.71. The number of amides is 2. The molecule has 0 aromatic carbocycles. The fourth-order valence-electron chi connectivity index (χ4n) is 2.09. The summed E-state index contributed by atoms with van der Waals surface area (Å²) in [4.78, 5) is 28.8. The molecular weight excluding hydrogens is 256 g/mol. The molecule has 0 heterocycles. The molecule has 5 nitrogen and oxygen atoms in total. The molecule has 0 saturated heterocycles. The lowest BCUT2D eigenvalue weighted by molar-refractivity contribution is -0.129. The zero-order valence-electron chi connectivity index (χ0n) is 13.0. The molecule has 0 aromatic heterocycles. The predicted octanol–water partition coefficient (Wildman–Crippen LogP) is 3.77. The Balaban J connectivity index is 3.97. The van der Waals surface area contributed by atoms with Crippen LogP contribution in [-0.2, 0) is 9.63 Å². The van der Waals surface area contributed by atoms with Gasteiger partial charge in [0, 0.05) is 13.0 Å². The molecule has 0 atom stereocenters. The third-order valence-corrected chi connectivity index (χ3v) is 3.35. The number of hydrogen-bond acceptors (Lipinski definition) is 4. The van der Waals surface area contributed by atoms with E-state index in [2.05, 4.69) is 18.7 Å². The van der Waals surface area contributed by atoms with Gasteiger partial charge in [0.15, 0.2) is 0 Å². The Kier molecular flexibility index (Phi) is 12.2. The van der Waals surface area contributed by atoms with E-state index in [0.717, 1.165) is 43.4 Å². The Morgan fingerprint density at radius 2 is 1.45 bits per heavy atom. The molecule has 0 aromatic rings. The third-order valence-electron chi connectivity index (χ3n) is 3.35. The number of carbonyl (C=O) groups excluding carboxylic acids is 2. The van der Waals surface area contributed by atoms with Crippen LogP contribution in [0.15, 0.2) is 0 Å². The minimum atomic E-state index is -0.739. The number of carbonyl (C=O) groups is 2. The van der Waals surface area contributed by atoms with Crippen LogP contribution in [0.5, 0.6) is 0 Å². The highest BCUT2D eigenvalue weighted by Gasteiger charge is 2.21. The van der Waals surface area contributed by atoms with Gasteiger partial charge in [0.1, 0.15) is 0 Å². The Labute approximate surface area is 122 Å². The Morgan fingerprint density at radius 3 is 2.05 bits per heavy atom. The van der Waals surface area contributed by atoms with Crippen molar-refractivity contribution in [2.24, 2.45) is 5.90 Å². The first-order chi connectivity index (χ1) is 9.67. The van der Waals surface area contributed by atoms with Crippen LogP contribution in [-0.4, -0.2) is 23.4 Å². The van der Waals surface area contributed by atoms with E-state index in [1.807, 2.05) is 0 Å². The Bertz CT molecular complexity index is 270. The molecule has 0 fully saturated rings. The summed E-state index contributed by atoms with van der Waals surface area (Å²) in [6, 6.07) is 0. The second-order valence-corrected chi connectivity index (χ2v) is 5.15. The normalized spacial score (nSPS) is 10.3. The van der Waals surface area contributed by atoms with E-state index in [9.17, 15) is 9.59 Å². The zero-order valence-corrected chi connectivity index (χ0v) is 13.0. The fourth-order valence-corrected chi connectivity index (χ4v) is 2.09. The maximum Gasteiger partial charge on any atom is 0.435 e. The second kappa shape index (κ2) is 12.9. The van der Waals surface area contributed by atoms with Gasteiger partial charge in [-0.1, -0.05) is 58.8 Å². The molecule has 0 aliphatic carbocycles. The largest absolute Gasteiger partial charge is 0.435 e. The molecule has 118 valence electrons. The van der Waals surface area contributed by atoms with Crippen LogP contribution in [0, 0.1) is 0 Å². The highest BCUT2D eigenvalue weighted by Crippen LogP contribution is 2.10. The fraction of sp³-hybridized carbons (Fsp3) is 0.867. The standard InChI is InChI=1S/C15H30N2O3/c1-3-5-7-8-9-10-12-14(18)17(15(19)20-16)13-11-6-4-2/h3-13,16H2,1-2H3. The summed E-state index contributed by atoms with van der Waals surface area (Å²) in [6.07, 6.45) is 9.17. The summed E-state index contributed by atoms with van der Waals surface area (Å²) in [7, 11) is 0. The number of nitrogens with zero attached hydrogens (tertiary/aromatic N) is 1. The number of nitrogens with two attached hydrogens (primary N) is 1. The lowest BCUT2D eigenvalue weighted by Gasteiger charge is -2.18. The van der Waals surface area contributed by atoms with E-state index in [1.54, 1.807) is 0 Å². The van der Waals surface area contributed by atoms with Gasteiger partial charge in [-0.25, -0.2) is 9.69 Å². The molecular formula is C15H30N2O3. The van der Waals surface area contributed by atoms with Gasteiger partial charge in [0.2, 0.25) is 5.91 Å². The van der Waals surface area contributed by atoms with Gasteiger partial charge in [-0.3, -0.25) is 4.79 Å². The quantitative estimate of drug-likeness (QED) is 0.463. The van der Waals surface area contributed by atoms with E-state index in [1.165, 1.54) is 19.3 Å². The summed E-state index contributed by atoms with van der Waals surface area (Å²) >= 11 is 0. The molecule has 0 aliphatic heterocycles. The Hall–Kier alpha value is -1.10. The minimum absolute atomic E-state index is 0.174. The minimum Gasteiger partial charge on any atom is -0.356 e. The number of rotatable bonds is 11. The van der Waals surface area contributed by atoms with Gasteiger partial charge in [0.25, 0.3) is 0 Å². The lowest BCUT2D eigenvalue weighted by Crippen LogP contribution is -2.39. The van der Waals surface area contributed by atoms with Crippen LogP contribution in [0.1, 0.15) is 78.1 Å². The van der Waals surface area contributed by atoms with Crippen LogP contribution in [0.25, 0.3) is 0 Å². The van der Waals surface area contributed by atoms with Crippen LogP contribution in [0.2, 0.25) is 0 Å². The second-order valence-electron chi connectivity index (χ2n) is 5.15. The summed E-state index contributed by atoms with van der Waals surface area (Å²) < 4.78 is 0. The van der Waals surface area contributed by atoms with Gasteiger partial charge in [0.05, 0.1) is 0 Å². The van der Waals surface area contributed by atoms with E-state index >= 15 is 0 Å². The SMILES string of the molecule is CCCCCCCCC(=O)N(CCCCC)C(=O)ON. The van der Waals surface area contributed by atoms with Gasteiger partial charge in [-0.15, -0.1) is 0 Å². The summed E-state index contributed by atoms with van der Waals surface area (Å²) in [5.41, 5.74) is 0. The van der Waals surface area contributed by atoms with Crippen LogP contribution < -0.4 is 5.90 Å². The average Bonchev–Trinajstić information content (AvgIpc) is 2.46. The molecule has 0 aliphatic rings. The van der Waals surface area contributed by atoms with Crippen molar-refractivity contribution in [3.05, 3.63) is 0 Å². The Morgan fingerprint density at radius 1 is 0.900 bits per heavy atom. The molecule has 0 spiro atoms.